The number of nitrogens with zero attached hydrogens (tertiary/aromatic N) is 1. The molecule has 0 fully saturated rings. The van der Waals surface area contributed by atoms with Crippen molar-refractivity contribution in [3.05, 3.63) is 115 Å². The van der Waals surface area contributed by atoms with Gasteiger partial charge >= 0.3 is 0 Å². The zero-order valence-corrected chi connectivity index (χ0v) is 20.6. The Morgan fingerprint density at radius 3 is 2.39 bits per heavy atom. The minimum atomic E-state index is -3.60. The van der Waals surface area contributed by atoms with E-state index in [4.69, 9.17) is 0 Å². The van der Waals surface area contributed by atoms with Crippen LogP contribution in [-0.2, 0) is 10.0 Å². The van der Waals surface area contributed by atoms with Gasteiger partial charge in [-0.15, -0.1) is 0 Å². The first-order chi connectivity index (χ1) is 17.6. The molecule has 180 valence electrons. The highest BCUT2D eigenvalue weighted by Gasteiger charge is 2.16. The van der Waals surface area contributed by atoms with Gasteiger partial charge in [0, 0.05) is 42.8 Å². The zero-order chi connectivity index (χ0) is 24.8. The van der Waals surface area contributed by atoms with Gasteiger partial charge in [0.1, 0.15) is 0 Å². The van der Waals surface area contributed by atoms with Crippen LogP contribution in [0, 0.1) is 0 Å². The number of pyridine rings is 1. The molecule has 4 aromatic carbocycles. The molecular weight excluding hydrogens is 466 g/mol. The van der Waals surface area contributed by atoms with E-state index in [9.17, 15) is 8.42 Å². The predicted molar refractivity (Wildman–Crippen MR) is 148 cm³/mol. The van der Waals surface area contributed by atoms with Crippen LogP contribution in [0.25, 0.3) is 38.7 Å². The molecule has 1 heterocycles. The van der Waals surface area contributed by atoms with Crippen LogP contribution in [0.5, 0.6) is 0 Å². The highest BCUT2D eigenvalue weighted by molar-refractivity contribution is 7.89. The van der Waals surface area contributed by atoms with Crippen molar-refractivity contribution < 1.29 is 8.42 Å². The van der Waals surface area contributed by atoms with Crippen molar-refractivity contribution in [2.45, 2.75) is 4.90 Å². The molecule has 0 aliphatic heterocycles. The normalized spacial score (nSPS) is 12.0. The van der Waals surface area contributed by atoms with Gasteiger partial charge in [0.2, 0.25) is 10.0 Å². The Morgan fingerprint density at radius 2 is 1.53 bits per heavy atom. The number of aromatic nitrogens is 1. The van der Waals surface area contributed by atoms with E-state index < -0.39 is 10.0 Å². The molecule has 0 radical (unpaired) electrons. The third-order valence-corrected chi connectivity index (χ3v) is 7.61. The van der Waals surface area contributed by atoms with Gasteiger partial charge in [0.25, 0.3) is 0 Å². The molecule has 0 aliphatic rings. The van der Waals surface area contributed by atoms with Crippen molar-refractivity contribution in [3.8, 4) is 11.1 Å². The van der Waals surface area contributed by atoms with Crippen LogP contribution in [0.3, 0.4) is 0 Å². The summed E-state index contributed by atoms with van der Waals surface area (Å²) in [5, 5.41) is 7.20. The molecule has 0 unspecified atom stereocenters. The van der Waals surface area contributed by atoms with E-state index in [2.05, 4.69) is 87.8 Å². The second kappa shape index (κ2) is 10.8. The first-order valence-electron chi connectivity index (χ1n) is 11.9. The van der Waals surface area contributed by atoms with Gasteiger partial charge in [0.15, 0.2) is 0 Å². The van der Waals surface area contributed by atoms with E-state index >= 15 is 0 Å². The summed E-state index contributed by atoms with van der Waals surface area (Å²) in [5.41, 5.74) is 3.51. The van der Waals surface area contributed by atoms with E-state index in [0.29, 0.717) is 25.0 Å². The smallest absolute Gasteiger partial charge is 0.241 e. The largest absolute Gasteiger partial charge is 0.312 e. The lowest BCUT2D eigenvalue weighted by Gasteiger charge is -2.09. The number of sulfonamides is 1. The monoisotopic (exact) mass is 493 g/mol. The molecule has 0 aliphatic carbocycles. The summed E-state index contributed by atoms with van der Waals surface area (Å²) in [7, 11) is -3.60. The molecule has 5 rings (SSSR count). The third kappa shape index (κ3) is 5.52. The first-order valence-corrected chi connectivity index (χ1v) is 13.4. The SMILES string of the molecule is O=S(=O)(NCCNC/C=C/c1ccc(-c2ccc3ccccc3c2)cc1)c1cccc2cnccc12. The van der Waals surface area contributed by atoms with Gasteiger partial charge in [-0.2, -0.15) is 0 Å². The molecule has 6 heteroatoms. The summed E-state index contributed by atoms with van der Waals surface area (Å²) >= 11 is 0. The van der Waals surface area contributed by atoms with Crippen molar-refractivity contribution in [3.63, 3.8) is 0 Å². The first kappa shape index (κ1) is 23.9. The lowest BCUT2D eigenvalue weighted by atomic mass is 10.0. The van der Waals surface area contributed by atoms with Crippen LogP contribution in [0.1, 0.15) is 5.56 Å². The summed E-state index contributed by atoms with van der Waals surface area (Å²) in [4.78, 5) is 4.33. The van der Waals surface area contributed by atoms with Gasteiger partial charge in [-0.1, -0.05) is 84.9 Å². The van der Waals surface area contributed by atoms with E-state index in [1.165, 1.54) is 21.9 Å². The number of nitrogens with one attached hydrogen (secondary N) is 2. The highest BCUT2D eigenvalue weighted by Crippen LogP contribution is 2.25. The highest BCUT2D eigenvalue weighted by atomic mass is 32.2. The summed E-state index contributed by atoms with van der Waals surface area (Å²) in [5.74, 6) is 0. The fourth-order valence-electron chi connectivity index (χ4n) is 4.21. The van der Waals surface area contributed by atoms with Crippen molar-refractivity contribution in [2.75, 3.05) is 19.6 Å². The van der Waals surface area contributed by atoms with Crippen LogP contribution in [0.15, 0.2) is 114 Å². The van der Waals surface area contributed by atoms with Crippen molar-refractivity contribution in [1.82, 2.24) is 15.0 Å². The molecule has 0 amide bonds. The average Bonchev–Trinajstić information content (AvgIpc) is 2.92. The maximum absolute atomic E-state index is 12.7. The van der Waals surface area contributed by atoms with Crippen LogP contribution >= 0.6 is 0 Å². The van der Waals surface area contributed by atoms with Crippen molar-refractivity contribution in [1.29, 1.82) is 0 Å². The van der Waals surface area contributed by atoms with E-state index in [-0.39, 0.29) is 4.90 Å². The second-order valence-corrected chi connectivity index (χ2v) is 10.3. The zero-order valence-electron chi connectivity index (χ0n) is 19.8. The maximum atomic E-state index is 12.7. The Morgan fingerprint density at radius 1 is 0.750 bits per heavy atom. The number of hydrogen-bond donors (Lipinski definition) is 2. The van der Waals surface area contributed by atoms with E-state index in [0.717, 1.165) is 10.9 Å². The summed E-state index contributed by atoms with van der Waals surface area (Å²) in [6.07, 6.45) is 7.37. The van der Waals surface area contributed by atoms with Gasteiger partial charge in [0.05, 0.1) is 4.90 Å². The molecule has 0 saturated heterocycles. The third-order valence-electron chi connectivity index (χ3n) is 6.09. The quantitative estimate of drug-likeness (QED) is 0.261. The molecule has 0 spiro atoms. The molecule has 5 aromatic rings. The molecule has 5 nitrogen and oxygen atoms in total. The van der Waals surface area contributed by atoms with Crippen LogP contribution in [-0.4, -0.2) is 33.0 Å². The fourth-order valence-corrected chi connectivity index (χ4v) is 5.47. The summed E-state index contributed by atoms with van der Waals surface area (Å²) in [6.45, 7) is 1.48. The Bertz CT molecular complexity index is 1620. The number of rotatable bonds is 9. The predicted octanol–water partition coefficient (Wildman–Crippen LogP) is 5.64. The van der Waals surface area contributed by atoms with Gasteiger partial charge in [-0.3, -0.25) is 4.98 Å². The van der Waals surface area contributed by atoms with Crippen LogP contribution < -0.4 is 10.0 Å². The topological polar surface area (TPSA) is 71.1 Å². The minimum absolute atomic E-state index is 0.273. The Balaban J connectivity index is 1.10. The van der Waals surface area contributed by atoms with Gasteiger partial charge in [-0.05, 0) is 45.7 Å². The summed E-state index contributed by atoms with van der Waals surface area (Å²) in [6, 6.07) is 30.3. The van der Waals surface area contributed by atoms with Gasteiger partial charge < -0.3 is 5.32 Å². The molecule has 0 saturated carbocycles. The van der Waals surface area contributed by atoms with Gasteiger partial charge in [-0.25, -0.2) is 13.1 Å². The van der Waals surface area contributed by atoms with E-state index in [1.54, 1.807) is 30.6 Å². The molecule has 36 heavy (non-hydrogen) atoms. The lowest BCUT2D eigenvalue weighted by molar-refractivity contribution is 0.579. The average molecular weight is 494 g/mol. The molecule has 0 atom stereocenters. The fraction of sp³-hybridized carbons (Fsp3) is 0.100. The van der Waals surface area contributed by atoms with Crippen molar-refractivity contribution >= 4 is 37.6 Å². The van der Waals surface area contributed by atoms with E-state index in [1.807, 2.05) is 12.1 Å². The number of fused-ring (bicyclic) bond motifs is 2. The second-order valence-electron chi connectivity index (χ2n) is 8.54. The minimum Gasteiger partial charge on any atom is -0.312 e. The molecular formula is C30H27N3O2S. The van der Waals surface area contributed by atoms with Crippen molar-refractivity contribution in [2.24, 2.45) is 0 Å². The molecule has 1 aromatic heterocycles. The maximum Gasteiger partial charge on any atom is 0.241 e. The Hall–Kier alpha value is -3.84. The van der Waals surface area contributed by atoms with Crippen LogP contribution in [0.4, 0.5) is 0 Å². The molecule has 2 N–H and O–H groups in total. The van der Waals surface area contributed by atoms with Crippen LogP contribution in [0.2, 0.25) is 0 Å². The Kier molecular flexibility index (Phi) is 7.18. The number of hydrogen-bond acceptors (Lipinski definition) is 4. The summed E-state index contributed by atoms with van der Waals surface area (Å²) < 4.78 is 28.2. The molecule has 0 bridgehead atoms. The Labute approximate surface area is 211 Å². The number of benzene rings is 4. The lowest BCUT2D eigenvalue weighted by Crippen LogP contribution is -2.32. The standard InChI is InChI=1S/C30H27N3O2S/c34-36(35,30-9-3-8-28-22-32-18-16-29(28)30)33-20-19-31-17-4-5-23-10-12-25(13-11-23)27-15-14-24-6-1-2-7-26(24)21-27/h1-16,18,21-22,31,33H,17,19-20H2/b5-4+.